The van der Waals surface area contributed by atoms with Gasteiger partial charge < -0.3 is 10.1 Å². The standard InChI is InChI=1S/C9H13F3N6O3/c1-5-6(18(19)20)7(16-8(15-5)17-13)14-2-3-21-4-9(10,11)12/h2-4,13H2,1H3,(H2,14,15,16,17). The summed E-state index contributed by atoms with van der Waals surface area (Å²) in [6.07, 6.45) is -4.42. The van der Waals surface area contributed by atoms with E-state index in [-0.39, 0.29) is 36.3 Å². The van der Waals surface area contributed by atoms with Crippen LogP contribution in [0.1, 0.15) is 5.69 Å². The van der Waals surface area contributed by atoms with E-state index in [2.05, 4.69) is 25.4 Å². The fourth-order valence-corrected chi connectivity index (χ4v) is 1.40. The van der Waals surface area contributed by atoms with Crippen LogP contribution in [-0.4, -0.2) is 40.8 Å². The van der Waals surface area contributed by atoms with Gasteiger partial charge in [-0.25, -0.2) is 10.8 Å². The summed E-state index contributed by atoms with van der Waals surface area (Å²) in [7, 11) is 0. The Morgan fingerprint density at radius 3 is 2.62 bits per heavy atom. The van der Waals surface area contributed by atoms with Crippen LogP contribution in [0.3, 0.4) is 0 Å². The first-order chi connectivity index (χ1) is 9.74. The minimum Gasteiger partial charge on any atom is -0.370 e. The average molecular weight is 310 g/mol. The van der Waals surface area contributed by atoms with Crippen molar-refractivity contribution >= 4 is 17.5 Å². The van der Waals surface area contributed by atoms with Crippen molar-refractivity contribution in [3.63, 3.8) is 0 Å². The number of nitrogens with one attached hydrogen (secondary N) is 2. The third-order valence-electron chi connectivity index (χ3n) is 2.17. The Labute approximate surface area is 116 Å². The molecule has 0 amide bonds. The minimum atomic E-state index is -4.42. The highest BCUT2D eigenvalue weighted by atomic mass is 19.4. The van der Waals surface area contributed by atoms with Crippen LogP contribution in [0.4, 0.5) is 30.6 Å². The van der Waals surface area contributed by atoms with Crippen LogP contribution in [0.15, 0.2) is 0 Å². The Balaban J connectivity index is 2.69. The molecule has 0 bridgehead atoms. The van der Waals surface area contributed by atoms with Gasteiger partial charge in [0.05, 0.1) is 11.5 Å². The van der Waals surface area contributed by atoms with Crippen molar-refractivity contribution in [1.82, 2.24) is 9.97 Å². The molecule has 1 aromatic heterocycles. The van der Waals surface area contributed by atoms with Gasteiger partial charge in [-0.15, -0.1) is 0 Å². The normalized spacial score (nSPS) is 11.3. The number of halogens is 3. The topological polar surface area (TPSA) is 128 Å². The molecule has 0 atom stereocenters. The third-order valence-corrected chi connectivity index (χ3v) is 2.17. The van der Waals surface area contributed by atoms with Gasteiger partial charge in [0.25, 0.3) is 0 Å². The predicted molar refractivity (Wildman–Crippen MR) is 66.6 cm³/mol. The molecule has 0 saturated heterocycles. The number of nitrogens with zero attached hydrogens (tertiary/aromatic N) is 3. The summed E-state index contributed by atoms with van der Waals surface area (Å²) in [6, 6.07) is 0. The largest absolute Gasteiger partial charge is 0.411 e. The summed E-state index contributed by atoms with van der Waals surface area (Å²) in [5.41, 5.74) is 1.80. The molecule has 1 rings (SSSR count). The number of hydrogen-bond donors (Lipinski definition) is 3. The lowest BCUT2D eigenvalue weighted by atomic mass is 10.3. The molecule has 0 radical (unpaired) electrons. The Bertz CT molecular complexity index is 510. The van der Waals surface area contributed by atoms with E-state index in [0.717, 1.165) is 0 Å². The summed E-state index contributed by atoms with van der Waals surface area (Å²) in [6.45, 7) is -0.413. The van der Waals surface area contributed by atoms with E-state index in [1.807, 2.05) is 0 Å². The van der Waals surface area contributed by atoms with Gasteiger partial charge in [0, 0.05) is 6.54 Å². The van der Waals surface area contributed by atoms with Crippen LogP contribution >= 0.6 is 0 Å². The number of ether oxygens (including phenoxy) is 1. The maximum Gasteiger partial charge on any atom is 0.411 e. The average Bonchev–Trinajstić information content (AvgIpc) is 2.35. The quantitative estimate of drug-likeness (QED) is 0.294. The number of nitro groups is 1. The second-order valence-electron chi connectivity index (χ2n) is 3.83. The van der Waals surface area contributed by atoms with Crippen molar-refractivity contribution in [2.45, 2.75) is 13.1 Å². The van der Waals surface area contributed by atoms with Gasteiger partial charge in [0.15, 0.2) is 0 Å². The molecule has 0 aliphatic rings. The first-order valence-electron chi connectivity index (χ1n) is 5.62. The third kappa shape index (κ3) is 5.35. The lowest BCUT2D eigenvalue weighted by Crippen LogP contribution is -2.21. The zero-order chi connectivity index (χ0) is 16.0. The van der Waals surface area contributed by atoms with E-state index in [9.17, 15) is 23.3 Å². The molecule has 1 heterocycles. The van der Waals surface area contributed by atoms with E-state index >= 15 is 0 Å². The van der Waals surface area contributed by atoms with Crippen molar-refractivity contribution in [3.8, 4) is 0 Å². The van der Waals surface area contributed by atoms with Gasteiger partial charge in [0.2, 0.25) is 11.8 Å². The lowest BCUT2D eigenvalue weighted by molar-refractivity contribution is -0.385. The van der Waals surface area contributed by atoms with Crippen molar-refractivity contribution in [1.29, 1.82) is 0 Å². The van der Waals surface area contributed by atoms with Crippen LogP contribution in [0.25, 0.3) is 0 Å². The number of hydrogen-bond acceptors (Lipinski definition) is 8. The Morgan fingerprint density at radius 2 is 2.10 bits per heavy atom. The number of aryl methyl sites for hydroxylation is 1. The highest BCUT2D eigenvalue weighted by Gasteiger charge is 2.27. The Morgan fingerprint density at radius 1 is 1.43 bits per heavy atom. The molecule has 0 spiro atoms. The van der Waals surface area contributed by atoms with Gasteiger partial charge in [-0.3, -0.25) is 15.5 Å². The van der Waals surface area contributed by atoms with Crippen LogP contribution in [-0.2, 0) is 4.74 Å². The van der Waals surface area contributed by atoms with Crippen LogP contribution < -0.4 is 16.6 Å². The second kappa shape index (κ2) is 6.99. The first kappa shape index (κ1) is 16.8. The smallest absolute Gasteiger partial charge is 0.370 e. The SMILES string of the molecule is Cc1nc(NN)nc(NCCOCC(F)(F)F)c1[N+](=O)[O-]. The van der Waals surface area contributed by atoms with Gasteiger partial charge in [-0.05, 0) is 6.92 Å². The maximum absolute atomic E-state index is 11.8. The molecule has 0 aliphatic carbocycles. The monoisotopic (exact) mass is 310 g/mol. The molecular weight excluding hydrogens is 297 g/mol. The minimum absolute atomic E-state index is 0.0571. The molecule has 0 aliphatic heterocycles. The van der Waals surface area contributed by atoms with Gasteiger partial charge >= 0.3 is 11.9 Å². The number of rotatable bonds is 7. The molecule has 0 fully saturated rings. The lowest BCUT2D eigenvalue weighted by Gasteiger charge is -2.10. The van der Waals surface area contributed by atoms with Crippen LogP contribution in [0.5, 0.6) is 0 Å². The summed E-state index contributed by atoms with van der Waals surface area (Å²) < 4.78 is 39.9. The van der Waals surface area contributed by atoms with Crippen molar-refractivity contribution < 1.29 is 22.8 Å². The van der Waals surface area contributed by atoms with E-state index < -0.39 is 17.7 Å². The first-order valence-corrected chi connectivity index (χ1v) is 5.62. The number of nitrogens with two attached hydrogens (primary N) is 1. The molecule has 9 nitrogen and oxygen atoms in total. The molecule has 12 heteroatoms. The van der Waals surface area contributed by atoms with Crippen LogP contribution in [0, 0.1) is 17.0 Å². The van der Waals surface area contributed by atoms with Crippen LogP contribution in [0.2, 0.25) is 0 Å². The molecule has 0 aromatic carbocycles. The highest BCUT2D eigenvalue weighted by molar-refractivity contribution is 5.60. The summed E-state index contributed by atoms with van der Waals surface area (Å²) in [5, 5.41) is 13.4. The molecule has 1 aromatic rings. The van der Waals surface area contributed by atoms with Crippen molar-refractivity contribution in [2.75, 3.05) is 30.5 Å². The van der Waals surface area contributed by atoms with Gasteiger partial charge in [-0.1, -0.05) is 0 Å². The predicted octanol–water partition coefficient (Wildman–Crippen LogP) is 0.970. The van der Waals surface area contributed by atoms with E-state index in [1.165, 1.54) is 6.92 Å². The summed E-state index contributed by atoms with van der Waals surface area (Å²) in [4.78, 5) is 17.7. The summed E-state index contributed by atoms with van der Waals surface area (Å²) in [5.74, 6) is 4.90. The van der Waals surface area contributed by atoms with E-state index in [0.29, 0.717) is 0 Å². The zero-order valence-electron chi connectivity index (χ0n) is 10.9. The Kier molecular flexibility index (Phi) is 5.60. The number of hydrazine groups is 1. The molecule has 118 valence electrons. The van der Waals surface area contributed by atoms with E-state index in [4.69, 9.17) is 5.84 Å². The van der Waals surface area contributed by atoms with Gasteiger partial charge in [0.1, 0.15) is 12.3 Å². The number of aromatic nitrogens is 2. The zero-order valence-corrected chi connectivity index (χ0v) is 10.9. The summed E-state index contributed by atoms with van der Waals surface area (Å²) >= 11 is 0. The maximum atomic E-state index is 11.8. The van der Waals surface area contributed by atoms with E-state index in [1.54, 1.807) is 0 Å². The number of nitrogen functional groups attached to an aromatic ring is 1. The molecule has 0 saturated carbocycles. The molecule has 4 N–H and O–H groups in total. The number of anilines is 2. The number of alkyl halides is 3. The molecular formula is C9H13F3N6O3. The fraction of sp³-hybridized carbons (Fsp3) is 0.556. The fourth-order valence-electron chi connectivity index (χ4n) is 1.40. The van der Waals surface area contributed by atoms with Crippen molar-refractivity contribution in [3.05, 3.63) is 15.8 Å². The molecule has 0 unspecified atom stereocenters. The van der Waals surface area contributed by atoms with Crippen molar-refractivity contribution in [2.24, 2.45) is 5.84 Å². The molecule has 21 heavy (non-hydrogen) atoms. The highest BCUT2D eigenvalue weighted by Crippen LogP contribution is 2.26. The Hall–Kier alpha value is -2.21. The second-order valence-corrected chi connectivity index (χ2v) is 3.83. The van der Waals surface area contributed by atoms with Gasteiger partial charge in [-0.2, -0.15) is 18.2 Å².